The van der Waals surface area contributed by atoms with E-state index in [1.165, 1.54) is 6.07 Å². The number of benzene rings is 2. The van der Waals surface area contributed by atoms with E-state index in [9.17, 15) is 4.39 Å². The molecular weight excluding hydrogens is 309 g/mol. The Morgan fingerprint density at radius 2 is 1.95 bits per heavy atom. The molecule has 0 aliphatic carbocycles. The molecule has 1 unspecified atom stereocenters. The quantitative estimate of drug-likeness (QED) is 0.875. The van der Waals surface area contributed by atoms with Crippen molar-refractivity contribution in [2.75, 3.05) is 12.4 Å². The highest BCUT2D eigenvalue weighted by atomic mass is 79.9. The lowest BCUT2D eigenvalue weighted by Crippen LogP contribution is -2.07. The first-order valence-electron chi connectivity index (χ1n) is 5.96. The van der Waals surface area contributed by atoms with Crippen molar-refractivity contribution in [3.05, 3.63) is 58.3 Å². The summed E-state index contributed by atoms with van der Waals surface area (Å²) in [6.07, 6.45) is 0. The number of halogens is 2. The van der Waals surface area contributed by atoms with Crippen LogP contribution in [0.2, 0.25) is 0 Å². The fourth-order valence-corrected chi connectivity index (χ4v) is 2.26. The number of anilines is 1. The fraction of sp³-hybridized carbons (Fsp3) is 0.200. The first kappa shape index (κ1) is 13.9. The lowest BCUT2D eigenvalue weighted by molar-refractivity contribution is 0.416. The van der Waals surface area contributed by atoms with E-state index in [2.05, 4.69) is 21.2 Å². The van der Waals surface area contributed by atoms with Crippen LogP contribution in [0.4, 0.5) is 10.1 Å². The Labute approximate surface area is 120 Å². The van der Waals surface area contributed by atoms with E-state index in [1.54, 1.807) is 19.2 Å². The average Bonchev–Trinajstić information content (AvgIpc) is 2.42. The first-order chi connectivity index (χ1) is 9.11. The number of nitrogens with one attached hydrogen (secondary N) is 1. The Hall–Kier alpha value is -1.55. The summed E-state index contributed by atoms with van der Waals surface area (Å²) in [6, 6.07) is 12.8. The molecule has 0 aliphatic rings. The molecule has 0 saturated carbocycles. The lowest BCUT2D eigenvalue weighted by Gasteiger charge is -2.18. The van der Waals surface area contributed by atoms with Crippen LogP contribution in [-0.4, -0.2) is 7.11 Å². The van der Waals surface area contributed by atoms with Crippen molar-refractivity contribution in [2.24, 2.45) is 0 Å². The van der Waals surface area contributed by atoms with Crippen LogP contribution in [-0.2, 0) is 0 Å². The Morgan fingerprint density at radius 1 is 1.21 bits per heavy atom. The van der Waals surface area contributed by atoms with E-state index in [-0.39, 0.29) is 11.9 Å². The van der Waals surface area contributed by atoms with Gasteiger partial charge in [-0.3, -0.25) is 0 Å². The molecule has 0 spiro atoms. The van der Waals surface area contributed by atoms with Crippen molar-refractivity contribution in [1.29, 1.82) is 0 Å². The van der Waals surface area contributed by atoms with Crippen LogP contribution in [0, 0.1) is 5.82 Å². The second-order valence-electron chi connectivity index (χ2n) is 4.24. The molecule has 19 heavy (non-hydrogen) atoms. The van der Waals surface area contributed by atoms with Crippen molar-refractivity contribution < 1.29 is 9.13 Å². The minimum Gasteiger partial charge on any atom is -0.495 e. The Kier molecular flexibility index (Phi) is 4.43. The predicted molar refractivity (Wildman–Crippen MR) is 79.1 cm³/mol. The third-order valence-electron chi connectivity index (χ3n) is 2.92. The number of methoxy groups -OCH3 is 1. The highest BCUT2D eigenvalue weighted by Gasteiger charge is 2.10. The molecule has 0 heterocycles. The molecule has 0 amide bonds. The number of para-hydroxylation sites is 2. The summed E-state index contributed by atoms with van der Waals surface area (Å²) < 4.78 is 19.0. The molecule has 0 radical (unpaired) electrons. The number of rotatable bonds is 4. The lowest BCUT2D eigenvalue weighted by atomic mass is 10.1. The zero-order chi connectivity index (χ0) is 13.8. The highest BCUT2D eigenvalue weighted by Crippen LogP contribution is 2.29. The van der Waals surface area contributed by atoms with E-state index in [1.807, 2.05) is 31.2 Å². The summed E-state index contributed by atoms with van der Waals surface area (Å²) in [4.78, 5) is 0. The molecule has 0 fully saturated rings. The topological polar surface area (TPSA) is 21.3 Å². The van der Waals surface area contributed by atoms with Crippen molar-refractivity contribution >= 4 is 21.6 Å². The van der Waals surface area contributed by atoms with Gasteiger partial charge in [-0.15, -0.1) is 0 Å². The van der Waals surface area contributed by atoms with Crippen molar-refractivity contribution in [1.82, 2.24) is 0 Å². The summed E-state index contributed by atoms with van der Waals surface area (Å²) in [6.45, 7) is 2.02. The van der Waals surface area contributed by atoms with Gasteiger partial charge >= 0.3 is 0 Å². The van der Waals surface area contributed by atoms with Crippen LogP contribution >= 0.6 is 15.9 Å². The van der Waals surface area contributed by atoms with E-state index in [4.69, 9.17) is 4.74 Å². The summed E-state index contributed by atoms with van der Waals surface area (Å²) in [5.74, 6) is 0.531. The second-order valence-corrected chi connectivity index (χ2v) is 5.09. The molecule has 1 atom stereocenters. The van der Waals surface area contributed by atoms with Gasteiger partial charge in [0.15, 0.2) is 0 Å². The van der Waals surface area contributed by atoms with E-state index in [0.717, 1.165) is 17.0 Å². The molecule has 0 aliphatic heterocycles. The van der Waals surface area contributed by atoms with Crippen LogP contribution < -0.4 is 10.1 Å². The van der Waals surface area contributed by atoms with E-state index >= 15 is 0 Å². The maximum atomic E-state index is 13.2. The second kappa shape index (κ2) is 6.06. The number of hydrogen-bond acceptors (Lipinski definition) is 2. The summed E-state index contributed by atoms with van der Waals surface area (Å²) in [5, 5.41) is 3.36. The molecule has 0 aromatic heterocycles. The summed E-state index contributed by atoms with van der Waals surface area (Å²) >= 11 is 3.20. The predicted octanol–water partition coefficient (Wildman–Crippen LogP) is 4.77. The van der Waals surface area contributed by atoms with Gasteiger partial charge in [0.2, 0.25) is 0 Å². The van der Waals surface area contributed by atoms with Crippen LogP contribution in [0.3, 0.4) is 0 Å². The molecule has 1 N–H and O–H groups in total. The standard InChI is InChI=1S/C15H15BrFNO/c1-10(11-7-8-13(17)12(16)9-11)18-14-5-3-4-6-15(14)19-2/h3-10,18H,1-2H3. The van der Waals surface area contributed by atoms with Gasteiger partial charge in [0.05, 0.1) is 17.3 Å². The average molecular weight is 324 g/mol. The molecule has 2 aromatic rings. The normalized spacial score (nSPS) is 12.0. The van der Waals surface area contributed by atoms with Crippen LogP contribution in [0.5, 0.6) is 5.75 Å². The third kappa shape index (κ3) is 3.26. The van der Waals surface area contributed by atoms with Gasteiger partial charge in [0.1, 0.15) is 11.6 Å². The van der Waals surface area contributed by atoms with Crippen molar-refractivity contribution in [2.45, 2.75) is 13.0 Å². The van der Waals surface area contributed by atoms with E-state index < -0.39 is 0 Å². The summed E-state index contributed by atoms with van der Waals surface area (Å²) in [7, 11) is 1.64. The smallest absolute Gasteiger partial charge is 0.141 e. The zero-order valence-electron chi connectivity index (χ0n) is 10.8. The van der Waals surface area contributed by atoms with Gasteiger partial charge < -0.3 is 10.1 Å². The maximum Gasteiger partial charge on any atom is 0.141 e. The molecule has 2 aromatic carbocycles. The Balaban J connectivity index is 2.20. The molecule has 0 bridgehead atoms. The largest absolute Gasteiger partial charge is 0.495 e. The van der Waals surface area contributed by atoms with Crippen LogP contribution in [0.25, 0.3) is 0 Å². The Morgan fingerprint density at radius 3 is 2.63 bits per heavy atom. The monoisotopic (exact) mass is 323 g/mol. The fourth-order valence-electron chi connectivity index (χ4n) is 1.86. The zero-order valence-corrected chi connectivity index (χ0v) is 12.4. The van der Waals surface area contributed by atoms with Gasteiger partial charge in [-0.25, -0.2) is 4.39 Å². The van der Waals surface area contributed by atoms with Crippen molar-refractivity contribution in [3.8, 4) is 5.75 Å². The third-order valence-corrected chi connectivity index (χ3v) is 3.53. The summed E-state index contributed by atoms with van der Waals surface area (Å²) in [5.41, 5.74) is 1.91. The van der Waals surface area contributed by atoms with Crippen LogP contribution in [0.1, 0.15) is 18.5 Å². The molecule has 4 heteroatoms. The maximum absolute atomic E-state index is 13.2. The van der Waals surface area contributed by atoms with E-state index in [0.29, 0.717) is 4.47 Å². The van der Waals surface area contributed by atoms with Gasteiger partial charge in [0.25, 0.3) is 0 Å². The molecule has 0 saturated heterocycles. The van der Waals surface area contributed by atoms with Crippen LogP contribution in [0.15, 0.2) is 46.9 Å². The first-order valence-corrected chi connectivity index (χ1v) is 6.75. The van der Waals surface area contributed by atoms with Gasteiger partial charge in [0, 0.05) is 6.04 Å². The van der Waals surface area contributed by atoms with Gasteiger partial charge in [-0.05, 0) is 52.7 Å². The van der Waals surface area contributed by atoms with Crippen molar-refractivity contribution in [3.63, 3.8) is 0 Å². The molecule has 2 nitrogen and oxygen atoms in total. The molecule has 100 valence electrons. The highest BCUT2D eigenvalue weighted by molar-refractivity contribution is 9.10. The number of ether oxygens (including phenoxy) is 1. The number of hydrogen-bond donors (Lipinski definition) is 1. The molecular formula is C15H15BrFNO. The van der Waals surface area contributed by atoms with Gasteiger partial charge in [-0.2, -0.15) is 0 Å². The Bertz CT molecular complexity index is 574. The SMILES string of the molecule is COc1ccccc1NC(C)c1ccc(F)c(Br)c1. The van der Waals surface area contributed by atoms with Gasteiger partial charge in [-0.1, -0.05) is 18.2 Å². The molecule has 2 rings (SSSR count). The minimum absolute atomic E-state index is 0.0493. The minimum atomic E-state index is -0.256.